The number of amides is 1. The second kappa shape index (κ2) is 7.08. The van der Waals surface area contributed by atoms with E-state index in [0.29, 0.717) is 24.7 Å². The molecule has 3 rings (SSSR count). The summed E-state index contributed by atoms with van der Waals surface area (Å²) in [7, 11) is -3.73. The van der Waals surface area contributed by atoms with Crippen LogP contribution in [0.5, 0.6) is 11.5 Å². The average Bonchev–Trinajstić information content (AvgIpc) is 2.63. The van der Waals surface area contributed by atoms with Gasteiger partial charge in [-0.2, -0.15) is 4.31 Å². The zero-order valence-corrected chi connectivity index (χ0v) is 17.6. The van der Waals surface area contributed by atoms with E-state index in [9.17, 15) is 13.2 Å². The van der Waals surface area contributed by atoms with Crippen LogP contribution < -0.4 is 14.8 Å². The van der Waals surface area contributed by atoms with Gasteiger partial charge < -0.3 is 14.8 Å². The van der Waals surface area contributed by atoms with E-state index in [0.717, 1.165) is 0 Å². The quantitative estimate of drug-likeness (QED) is 0.772. The summed E-state index contributed by atoms with van der Waals surface area (Å²) in [5, 5.41) is 2.99. The van der Waals surface area contributed by atoms with Crippen molar-refractivity contribution in [3.8, 4) is 11.5 Å². The molecule has 1 saturated heterocycles. The van der Waals surface area contributed by atoms with Gasteiger partial charge in [-0.05, 0) is 29.0 Å². The van der Waals surface area contributed by atoms with Crippen molar-refractivity contribution in [2.75, 3.05) is 26.3 Å². The van der Waals surface area contributed by atoms with Crippen molar-refractivity contribution in [3.63, 3.8) is 0 Å². The summed E-state index contributed by atoms with van der Waals surface area (Å²) >= 11 is 0. The van der Waals surface area contributed by atoms with Gasteiger partial charge in [-0.1, -0.05) is 34.3 Å². The normalized spacial score (nSPS) is 21.7. The highest BCUT2D eigenvalue weighted by Crippen LogP contribution is 2.43. The van der Waals surface area contributed by atoms with Gasteiger partial charge in [0.15, 0.2) is 11.5 Å². The number of carbonyl (C=O) groups is 1. The fourth-order valence-electron chi connectivity index (χ4n) is 4.30. The lowest BCUT2D eigenvalue weighted by Gasteiger charge is -2.52. The number of nitrogens with zero attached hydrogens (tertiary/aromatic N) is 1. The first-order valence-electron chi connectivity index (χ1n) is 9.30. The van der Waals surface area contributed by atoms with Crippen molar-refractivity contribution in [1.82, 2.24) is 9.62 Å². The molecule has 0 saturated carbocycles. The lowest BCUT2D eigenvalue weighted by molar-refractivity contribution is -0.120. The number of piperidine rings is 1. The summed E-state index contributed by atoms with van der Waals surface area (Å²) in [6.45, 7) is 12.8. The molecule has 2 aliphatic rings. The smallest absolute Gasteiger partial charge is 0.243 e. The van der Waals surface area contributed by atoms with Crippen LogP contribution in [0, 0.1) is 10.8 Å². The summed E-state index contributed by atoms with van der Waals surface area (Å²) < 4.78 is 39.2. The third kappa shape index (κ3) is 3.75. The molecule has 2 aliphatic heterocycles. The van der Waals surface area contributed by atoms with E-state index in [1.807, 2.05) is 27.7 Å². The molecule has 0 radical (unpaired) electrons. The number of nitrogens with one attached hydrogen (secondary N) is 1. The largest absolute Gasteiger partial charge is 0.486 e. The van der Waals surface area contributed by atoms with Gasteiger partial charge in [-0.25, -0.2) is 8.42 Å². The molecule has 7 nitrogen and oxygen atoms in total. The minimum Gasteiger partial charge on any atom is -0.486 e. The second-order valence-corrected chi connectivity index (χ2v) is 10.6. The molecule has 0 unspecified atom stereocenters. The third-order valence-electron chi connectivity index (χ3n) is 5.35. The second-order valence-electron chi connectivity index (χ2n) is 8.70. The average molecular weight is 409 g/mol. The molecule has 1 fully saturated rings. The highest BCUT2D eigenvalue weighted by Gasteiger charge is 2.50. The molecule has 1 N–H and O–H groups in total. The molecule has 0 bridgehead atoms. The van der Waals surface area contributed by atoms with Crippen molar-refractivity contribution in [1.29, 1.82) is 0 Å². The Morgan fingerprint density at radius 3 is 2.29 bits per heavy atom. The molecular formula is C20H28N2O5S. The van der Waals surface area contributed by atoms with Gasteiger partial charge >= 0.3 is 0 Å². The molecule has 1 aromatic carbocycles. The lowest BCUT2D eigenvalue weighted by Crippen LogP contribution is -2.64. The van der Waals surface area contributed by atoms with E-state index in [2.05, 4.69) is 11.9 Å². The van der Waals surface area contributed by atoms with Gasteiger partial charge in [0.1, 0.15) is 13.2 Å². The highest BCUT2D eigenvalue weighted by molar-refractivity contribution is 7.89. The Balaban J connectivity index is 1.91. The zero-order chi connectivity index (χ0) is 20.7. The maximum absolute atomic E-state index is 13.4. The van der Waals surface area contributed by atoms with Crippen LogP contribution in [-0.4, -0.2) is 51.0 Å². The minimum atomic E-state index is -3.73. The standard InChI is InChI=1S/C20H28N2O5S/c1-6-17(23)21-18-19(2,3)12-22(13-20(18,4)5)28(24,25)14-7-8-15-16(11-14)27-10-9-26-15/h6-8,11,18H,1,9-10,12-13H2,2-5H3,(H,21,23). The molecule has 1 aromatic rings. The first kappa shape index (κ1) is 20.7. The van der Waals surface area contributed by atoms with Gasteiger partial charge in [0.25, 0.3) is 0 Å². The Bertz CT molecular complexity index is 874. The Morgan fingerprint density at radius 2 is 1.71 bits per heavy atom. The number of hydrogen-bond donors (Lipinski definition) is 1. The lowest BCUT2D eigenvalue weighted by atomic mass is 9.67. The molecule has 154 valence electrons. The Kier molecular flexibility index (Phi) is 5.22. The van der Waals surface area contributed by atoms with E-state index < -0.39 is 20.9 Å². The molecule has 28 heavy (non-hydrogen) atoms. The van der Waals surface area contributed by atoms with Gasteiger partial charge in [0.2, 0.25) is 15.9 Å². The van der Waals surface area contributed by atoms with E-state index in [4.69, 9.17) is 9.47 Å². The van der Waals surface area contributed by atoms with E-state index in [1.165, 1.54) is 16.4 Å². The fraction of sp³-hybridized carbons (Fsp3) is 0.550. The molecule has 1 amide bonds. The molecule has 0 atom stereocenters. The zero-order valence-electron chi connectivity index (χ0n) is 16.8. The van der Waals surface area contributed by atoms with Crippen molar-refractivity contribution < 1.29 is 22.7 Å². The SMILES string of the molecule is C=CC(=O)NC1C(C)(C)CN(S(=O)(=O)c2ccc3c(c2)OCCO3)CC1(C)C. The predicted molar refractivity (Wildman–Crippen MR) is 106 cm³/mol. The highest BCUT2D eigenvalue weighted by atomic mass is 32.2. The summed E-state index contributed by atoms with van der Waals surface area (Å²) in [5.41, 5.74) is -0.942. The van der Waals surface area contributed by atoms with E-state index in [1.54, 1.807) is 12.1 Å². The van der Waals surface area contributed by atoms with Crippen LogP contribution in [0.4, 0.5) is 0 Å². The van der Waals surface area contributed by atoms with E-state index >= 15 is 0 Å². The van der Waals surface area contributed by atoms with Gasteiger partial charge in [-0.15, -0.1) is 0 Å². The summed E-state index contributed by atoms with van der Waals surface area (Å²) in [6, 6.07) is 4.51. The number of benzene rings is 1. The number of fused-ring (bicyclic) bond motifs is 1. The number of hydrogen-bond acceptors (Lipinski definition) is 5. The van der Waals surface area contributed by atoms with Gasteiger partial charge in [0.05, 0.1) is 4.90 Å². The predicted octanol–water partition coefficient (Wildman–Crippen LogP) is 2.19. The van der Waals surface area contributed by atoms with Crippen LogP contribution in [0.1, 0.15) is 27.7 Å². The summed E-state index contributed by atoms with van der Waals surface area (Å²) in [5.74, 6) is 0.741. The van der Waals surface area contributed by atoms with Crippen LogP contribution >= 0.6 is 0 Å². The molecule has 0 spiro atoms. The van der Waals surface area contributed by atoms with Crippen molar-refractivity contribution in [2.24, 2.45) is 10.8 Å². The number of sulfonamides is 1. The Morgan fingerprint density at radius 1 is 1.14 bits per heavy atom. The van der Waals surface area contributed by atoms with Crippen molar-refractivity contribution in [2.45, 2.75) is 38.6 Å². The maximum atomic E-state index is 13.4. The number of carbonyl (C=O) groups excluding carboxylic acids is 1. The maximum Gasteiger partial charge on any atom is 0.243 e. The van der Waals surface area contributed by atoms with Crippen LogP contribution in [0.2, 0.25) is 0 Å². The Labute approximate surface area is 166 Å². The molecule has 2 heterocycles. The van der Waals surface area contributed by atoms with Crippen LogP contribution in [0.25, 0.3) is 0 Å². The number of rotatable bonds is 4. The van der Waals surface area contributed by atoms with Crippen molar-refractivity contribution >= 4 is 15.9 Å². The molecule has 0 aliphatic carbocycles. The first-order valence-corrected chi connectivity index (χ1v) is 10.7. The van der Waals surface area contributed by atoms with Gasteiger partial charge in [-0.3, -0.25) is 4.79 Å². The third-order valence-corrected chi connectivity index (χ3v) is 7.14. The molecule has 8 heteroatoms. The van der Waals surface area contributed by atoms with Crippen molar-refractivity contribution in [3.05, 3.63) is 30.9 Å². The molecular weight excluding hydrogens is 380 g/mol. The number of ether oxygens (including phenoxy) is 2. The monoisotopic (exact) mass is 408 g/mol. The van der Waals surface area contributed by atoms with Gasteiger partial charge in [0, 0.05) is 25.2 Å². The topological polar surface area (TPSA) is 84.9 Å². The fourth-order valence-corrected chi connectivity index (χ4v) is 6.10. The Hall–Kier alpha value is -2.06. The summed E-state index contributed by atoms with van der Waals surface area (Å²) in [6.07, 6.45) is 1.24. The van der Waals surface area contributed by atoms with E-state index in [-0.39, 0.29) is 29.9 Å². The summed E-state index contributed by atoms with van der Waals surface area (Å²) in [4.78, 5) is 12.1. The minimum absolute atomic E-state index is 0.178. The first-order chi connectivity index (χ1) is 13.0. The van der Waals surface area contributed by atoms with Crippen LogP contribution in [0.3, 0.4) is 0 Å². The van der Waals surface area contributed by atoms with Crippen LogP contribution in [0.15, 0.2) is 35.7 Å². The molecule has 0 aromatic heterocycles. The van der Waals surface area contributed by atoms with Crippen LogP contribution in [-0.2, 0) is 14.8 Å².